The van der Waals surface area contributed by atoms with Gasteiger partial charge in [-0.2, -0.15) is 0 Å². The fourth-order valence-corrected chi connectivity index (χ4v) is 2.09. The maximum atomic E-state index is 14.0. The fourth-order valence-electron chi connectivity index (χ4n) is 2.09. The van der Waals surface area contributed by atoms with E-state index in [0.29, 0.717) is 17.1 Å². The van der Waals surface area contributed by atoms with Crippen molar-refractivity contribution in [3.05, 3.63) is 17.9 Å². The number of methoxy groups -OCH3 is 1. The molecule has 0 saturated carbocycles. The van der Waals surface area contributed by atoms with Crippen molar-refractivity contribution in [2.45, 2.75) is 0 Å². The molecule has 1 saturated heterocycles. The van der Waals surface area contributed by atoms with Crippen molar-refractivity contribution in [3.8, 4) is 5.75 Å². The predicted molar refractivity (Wildman–Crippen MR) is 67.1 cm³/mol. The first-order chi connectivity index (χ1) is 8.11. The molecule has 5 heteroatoms. The largest absolute Gasteiger partial charge is 0.494 e. The van der Waals surface area contributed by atoms with Crippen LogP contribution in [0.5, 0.6) is 5.75 Å². The zero-order valence-electron chi connectivity index (χ0n) is 10.2. The average molecular weight is 239 g/mol. The SMILES string of the molecule is COc1cc(N)cc(F)c1N1CCN(C)CC1. The molecule has 0 unspecified atom stereocenters. The van der Waals surface area contributed by atoms with Crippen molar-refractivity contribution in [1.29, 1.82) is 0 Å². The molecule has 0 amide bonds. The molecule has 1 aromatic carbocycles. The second kappa shape index (κ2) is 4.79. The third-order valence-corrected chi connectivity index (χ3v) is 3.09. The molecule has 1 fully saturated rings. The van der Waals surface area contributed by atoms with Crippen LogP contribution in [-0.2, 0) is 0 Å². The Morgan fingerprint density at radius 3 is 2.47 bits per heavy atom. The lowest BCUT2D eigenvalue weighted by Crippen LogP contribution is -2.45. The first-order valence-electron chi connectivity index (χ1n) is 5.68. The van der Waals surface area contributed by atoms with E-state index in [0.717, 1.165) is 26.2 Å². The minimum absolute atomic E-state index is 0.314. The van der Waals surface area contributed by atoms with Gasteiger partial charge in [0.1, 0.15) is 11.4 Å². The van der Waals surface area contributed by atoms with Crippen LogP contribution in [-0.4, -0.2) is 45.2 Å². The second-order valence-corrected chi connectivity index (χ2v) is 4.34. The molecule has 0 atom stereocenters. The number of hydrogen-bond donors (Lipinski definition) is 1. The molecule has 0 aromatic heterocycles. The van der Waals surface area contributed by atoms with E-state index in [4.69, 9.17) is 10.5 Å². The normalized spacial score (nSPS) is 17.2. The lowest BCUT2D eigenvalue weighted by molar-refractivity contribution is 0.309. The molecule has 1 aliphatic heterocycles. The zero-order valence-corrected chi connectivity index (χ0v) is 10.2. The van der Waals surface area contributed by atoms with Gasteiger partial charge in [0.2, 0.25) is 0 Å². The van der Waals surface area contributed by atoms with Crippen LogP contribution in [0.25, 0.3) is 0 Å². The van der Waals surface area contributed by atoms with Gasteiger partial charge in [-0.3, -0.25) is 0 Å². The van der Waals surface area contributed by atoms with Crippen molar-refractivity contribution in [2.24, 2.45) is 0 Å². The summed E-state index contributed by atoms with van der Waals surface area (Å²) >= 11 is 0. The monoisotopic (exact) mass is 239 g/mol. The lowest BCUT2D eigenvalue weighted by atomic mass is 10.2. The van der Waals surface area contributed by atoms with Gasteiger partial charge in [-0.05, 0) is 13.1 Å². The summed E-state index contributed by atoms with van der Waals surface area (Å²) in [6.45, 7) is 3.45. The molecule has 1 aliphatic rings. The number of nitrogens with zero attached hydrogens (tertiary/aromatic N) is 2. The number of nitrogen functional groups attached to an aromatic ring is 1. The topological polar surface area (TPSA) is 41.7 Å². The van der Waals surface area contributed by atoms with E-state index < -0.39 is 0 Å². The van der Waals surface area contributed by atoms with E-state index in [-0.39, 0.29) is 5.82 Å². The molecule has 4 nitrogen and oxygen atoms in total. The van der Waals surface area contributed by atoms with E-state index in [2.05, 4.69) is 11.9 Å². The van der Waals surface area contributed by atoms with Gasteiger partial charge in [-0.1, -0.05) is 0 Å². The number of benzene rings is 1. The molecule has 17 heavy (non-hydrogen) atoms. The summed E-state index contributed by atoms with van der Waals surface area (Å²) in [5.74, 6) is 0.193. The highest BCUT2D eigenvalue weighted by molar-refractivity contribution is 5.65. The molecule has 94 valence electrons. The van der Waals surface area contributed by atoms with Crippen LogP contribution < -0.4 is 15.4 Å². The van der Waals surface area contributed by atoms with Crippen LogP contribution in [0.3, 0.4) is 0 Å². The van der Waals surface area contributed by atoms with E-state index in [1.165, 1.54) is 13.2 Å². The summed E-state index contributed by atoms with van der Waals surface area (Å²) in [5.41, 5.74) is 6.52. The minimum Gasteiger partial charge on any atom is -0.494 e. The highest BCUT2D eigenvalue weighted by atomic mass is 19.1. The zero-order chi connectivity index (χ0) is 12.4. The summed E-state index contributed by atoms with van der Waals surface area (Å²) in [5, 5.41) is 0. The van der Waals surface area contributed by atoms with Crippen molar-refractivity contribution in [1.82, 2.24) is 4.90 Å². The van der Waals surface area contributed by atoms with Gasteiger partial charge >= 0.3 is 0 Å². The first-order valence-corrected chi connectivity index (χ1v) is 5.68. The van der Waals surface area contributed by atoms with Crippen LogP contribution in [0, 0.1) is 5.82 Å². The van der Waals surface area contributed by atoms with E-state index >= 15 is 0 Å². The summed E-state index contributed by atoms with van der Waals surface area (Å²) in [6.07, 6.45) is 0. The molecule has 0 radical (unpaired) electrons. The average Bonchev–Trinajstić information content (AvgIpc) is 2.30. The Morgan fingerprint density at radius 1 is 1.24 bits per heavy atom. The maximum absolute atomic E-state index is 14.0. The van der Waals surface area contributed by atoms with Crippen LogP contribution in [0.1, 0.15) is 0 Å². The van der Waals surface area contributed by atoms with Crippen molar-refractivity contribution >= 4 is 11.4 Å². The first kappa shape index (κ1) is 12.0. The van der Waals surface area contributed by atoms with E-state index in [1.54, 1.807) is 6.07 Å². The second-order valence-electron chi connectivity index (χ2n) is 4.34. The fraction of sp³-hybridized carbons (Fsp3) is 0.500. The molecule has 0 spiro atoms. The summed E-state index contributed by atoms with van der Waals surface area (Å²) in [6, 6.07) is 3.01. The Kier molecular flexibility index (Phi) is 3.38. The molecule has 1 heterocycles. The predicted octanol–water partition coefficient (Wildman–Crippen LogP) is 1.17. The van der Waals surface area contributed by atoms with Crippen LogP contribution in [0.15, 0.2) is 12.1 Å². The van der Waals surface area contributed by atoms with E-state index in [9.17, 15) is 4.39 Å². The number of likely N-dealkylation sites (N-methyl/N-ethyl adjacent to an activating group) is 1. The smallest absolute Gasteiger partial charge is 0.152 e. The minimum atomic E-state index is -0.314. The molecule has 1 aromatic rings. The van der Waals surface area contributed by atoms with Gasteiger partial charge in [0, 0.05) is 37.9 Å². The number of hydrogen-bond acceptors (Lipinski definition) is 4. The van der Waals surface area contributed by atoms with Crippen LogP contribution >= 0.6 is 0 Å². The highest BCUT2D eigenvalue weighted by Crippen LogP contribution is 2.34. The molecule has 0 bridgehead atoms. The van der Waals surface area contributed by atoms with E-state index in [1.807, 2.05) is 4.90 Å². The molecular formula is C12H18FN3O. The van der Waals surface area contributed by atoms with Crippen molar-refractivity contribution in [2.75, 3.05) is 51.0 Å². The van der Waals surface area contributed by atoms with Gasteiger partial charge in [0.15, 0.2) is 5.82 Å². The van der Waals surface area contributed by atoms with Crippen molar-refractivity contribution < 1.29 is 9.13 Å². The Hall–Kier alpha value is -1.49. The molecular weight excluding hydrogens is 221 g/mol. The third kappa shape index (κ3) is 2.44. The lowest BCUT2D eigenvalue weighted by Gasteiger charge is -2.34. The summed E-state index contributed by atoms with van der Waals surface area (Å²) < 4.78 is 19.2. The summed E-state index contributed by atoms with van der Waals surface area (Å²) in [4.78, 5) is 4.23. The number of nitrogens with two attached hydrogens (primary N) is 1. The Balaban J connectivity index is 2.31. The van der Waals surface area contributed by atoms with Crippen LogP contribution in [0.2, 0.25) is 0 Å². The number of anilines is 2. The number of halogens is 1. The Labute approximate surface area is 101 Å². The van der Waals surface area contributed by atoms with Crippen molar-refractivity contribution in [3.63, 3.8) is 0 Å². The molecule has 2 N–H and O–H groups in total. The van der Waals surface area contributed by atoms with Gasteiger partial charge in [-0.15, -0.1) is 0 Å². The van der Waals surface area contributed by atoms with Gasteiger partial charge in [0.05, 0.1) is 7.11 Å². The third-order valence-electron chi connectivity index (χ3n) is 3.09. The van der Waals surface area contributed by atoms with Gasteiger partial charge < -0.3 is 20.3 Å². The molecule has 2 rings (SSSR count). The molecule has 0 aliphatic carbocycles. The number of ether oxygens (including phenoxy) is 1. The van der Waals surface area contributed by atoms with Gasteiger partial charge in [-0.25, -0.2) is 4.39 Å². The maximum Gasteiger partial charge on any atom is 0.152 e. The Bertz CT molecular complexity index is 403. The Morgan fingerprint density at radius 2 is 1.88 bits per heavy atom. The van der Waals surface area contributed by atoms with Crippen LogP contribution in [0.4, 0.5) is 15.8 Å². The van der Waals surface area contributed by atoms with Gasteiger partial charge in [0.25, 0.3) is 0 Å². The highest BCUT2D eigenvalue weighted by Gasteiger charge is 2.21. The standard InChI is InChI=1S/C12H18FN3O/c1-15-3-5-16(6-4-15)12-10(13)7-9(14)8-11(12)17-2/h7-8H,3-6,14H2,1-2H3. The summed E-state index contributed by atoms with van der Waals surface area (Å²) in [7, 11) is 3.60. The quantitative estimate of drug-likeness (QED) is 0.787. The number of piperazine rings is 1. The number of rotatable bonds is 2.